The number of nitrogens with two attached hydrogens (primary N) is 1. The number of rotatable bonds is 4. The Morgan fingerprint density at radius 1 is 1.56 bits per heavy atom. The number of nitrogens with one attached hydrogen (secondary N) is 1. The van der Waals surface area contributed by atoms with Crippen LogP contribution in [-0.4, -0.2) is 28.4 Å². The number of pyridine rings is 1. The Hall–Kier alpha value is -1.62. The fourth-order valence-corrected chi connectivity index (χ4v) is 2.57. The molecular weight excluding hydrogens is 228 g/mol. The number of hydrogen-bond acceptors (Lipinski definition) is 4. The molecule has 1 aliphatic rings. The first-order valence-corrected chi connectivity index (χ1v) is 6.50. The molecule has 1 amide bonds. The summed E-state index contributed by atoms with van der Waals surface area (Å²) in [6.07, 6.45) is 6.24. The van der Waals surface area contributed by atoms with Crippen molar-refractivity contribution < 1.29 is 4.79 Å². The van der Waals surface area contributed by atoms with Gasteiger partial charge >= 0.3 is 0 Å². The second kappa shape index (κ2) is 5.82. The van der Waals surface area contributed by atoms with Gasteiger partial charge in [0.15, 0.2) is 0 Å². The average Bonchev–Trinajstić information content (AvgIpc) is 2.93. The first kappa shape index (κ1) is 12.8. The third kappa shape index (κ3) is 2.61. The Morgan fingerprint density at radius 2 is 2.28 bits per heavy atom. The molecule has 0 spiro atoms. The van der Waals surface area contributed by atoms with Crippen molar-refractivity contribution in [2.45, 2.75) is 38.6 Å². The van der Waals surface area contributed by atoms with E-state index in [-0.39, 0.29) is 5.91 Å². The highest BCUT2D eigenvalue weighted by molar-refractivity contribution is 5.93. The first-order chi connectivity index (χ1) is 8.76. The van der Waals surface area contributed by atoms with E-state index in [1.54, 1.807) is 18.3 Å². The van der Waals surface area contributed by atoms with Crippen LogP contribution in [0.1, 0.15) is 43.1 Å². The van der Waals surface area contributed by atoms with E-state index in [1.807, 2.05) is 11.8 Å². The summed E-state index contributed by atoms with van der Waals surface area (Å²) in [5.74, 6) is 5.35. The Kier molecular flexibility index (Phi) is 4.15. The van der Waals surface area contributed by atoms with Crippen molar-refractivity contribution in [1.29, 1.82) is 0 Å². The van der Waals surface area contributed by atoms with Crippen molar-refractivity contribution in [3.8, 4) is 0 Å². The maximum absolute atomic E-state index is 12.4. The number of nitrogens with zero attached hydrogens (tertiary/aromatic N) is 2. The van der Waals surface area contributed by atoms with Crippen molar-refractivity contribution >= 4 is 11.6 Å². The topological polar surface area (TPSA) is 71.2 Å². The Morgan fingerprint density at radius 3 is 2.89 bits per heavy atom. The van der Waals surface area contributed by atoms with Crippen molar-refractivity contribution in [2.75, 3.05) is 12.0 Å². The quantitative estimate of drug-likeness (QED) is 0.629. The number of amides is 1. The summed E-state index contributed by atoms with van der Waals surface area (Å²) in [6.45, 7) is 2.74. The van der Waals surface area contributed by atoms with Crippen LogP contribution in [0.15, 0.2) is 18.3 Å². The van der Waals surface area contributed by atoms with E-state index in [0.29, 0.717) is 17.4 Å². The van der Waals surface area contributed by atoms with Gasteiger partial charge in [-0.25, -0.2) is 0 Å². The maximum Gasteiger partial charge on any atom is 0.272 e. The SMILES string of the molecule is CCN(C(=O)c1cc(NN)ccn1)C1CCCC1. The van der Waals surface area contributed by atoms with E-state index in [1.165, 1.54) is 12.8 Å². The molecule has 0 bridgehead atoms. The highest BCUT2D eigenvalue weighted by atomic mass is 16.2. The molecule has 1 aromatic rings. The molecular formula is C13H20N4O. The van der Waals surface area contributed by atoms with Crippen LogP contribution >= 0.6 is 0 Å². The standard InChI is InChI=1S/C13H20N4O/c1-2-17(11-5-3-4-6-11)13(18)12-9-10(16-14)7-8-15-12/h7-9,11H,2-6,14H2,1H3,(H,15,16). The summed E-state index contributed by atoms with van der Waals surface area (Å²) in [6, 6.07) is 3.81. The van der Waals surface area contributed by atoms with Crippen molar-refractivity contribution in [2.24, 2.45) is 5.84 Å². The largest absolute Gasteiger partial charge is 0.335 e. The fraction of sp³-hybridized carbons (Fsp3) is 0.538. The zero-order valence-electron chi connectivity index (χ0n) is 10.7. The molecule has 0 unspecified atom stereocenters. The van der Waals surface area contributed by atoms with Gasteiger partial charge < -0.3 is 10.3 Å². The number of hydrazine groups is 1. The third-order valence-corrected chi connectivity index (χ3v) is 3.51. The first-order valence-electron chi connectivity index (χ1n) is 6.50. The predicted molar refractivity (Wildman–Crippen MR) is 71.0 cm³/mol. The van der Waals surface area contributed by atoms with Gasteiger partial charge in [0.05, 0.1) is 5.69 Å². The summed E-state index contributed by atoms with van der Waals surface area (Å²) >= 11 is 0. The normalized spacial score (nSPS) is 15.7. The zero-order valence-corrected chi connectivity index (χ0v) is 10.7. The van der Waals surface area contributed by atoms with Crippen LogP contribution < -0.4 is 11.3 Å². The van der Waals surface area contributed by atoms with E-state index in [0.717, 1.165) is 19.4 Å². The maximum atomic E-state index is 12.4. The van der Waals surface area contributed by atoms with E-state index >= 15 is 0 Å². The molecule has 1 aliphatic carbocycles. The molecule has 1 aromatic heterocycles. The molecule has 98 valence electrons. The smallest absolute Gasteiger partial charge is 0.272 e. The minimum Gasteiger partial charge on any atom is -0.335 e. The van der Waals surface area contributed by atoms with E-state index in [4.69, 9.17) is 5.84 Å². The molecule has 0 saturated heterocycles. The van der Waals surface area contributed by atoms with Crippen molar-refractivity contribution in [3.05, 3.63) is 24.0 Å². The molecule has 0 aromatic carbocycles. The van der Waals surface area contributed by atoms with Gasteiger partial charge in [0.25, 0.3) is 5.91 Å². The summed E-state index contributed by atoms with van der Waals surface area (Å²) in [5.41, 5.74) is 3.70. The van der Waals surface area contributed by atoms with Gasteiger partial charge in [0.2, 0.25) is 0 Å². The van der Waals surface area contributed by atoms with Crippen LogP contribution in [0.2, 0.25) is 0 Å². The van der Waals surface area contributed by atoms with Gasteiger partial charge in [-0.1, -0.05) is 12.8 Å². The minimum absolute atomic E-state index is 0.00139. The van der Waals surface area contributed by atoms with E-state index in [9.17, 15) is 4.79 Å². The van der Waals surface area contributed by atoms with E-state index in [2.05, 4.69) is 10.4 Å². The van der Waals surface area contributed by atoms with Gasteiger partial charge in [0.1, 0.15) is 5.69 Å². The molecule has 2 rings (SSSR count). The zero-order chi connectivity index (χ0) is 13.0. The number of aromatic nitrogens is 1. The highest BCUT2D eigenvalue weighted by Gasteiger charge is 2.26. The summed E-state index contributed by atoms with van der Waals surface area (Å²) in [5, 5.41) is 0. The van der Waals surface area contributed by atoms with Crippen LogP contribution in [0, 0.1) is 0 Å². The monoisotopic (exact) mass is 248 g/mol. The van der Waals surface area contributed by atoms with Gasteiger partial charge in [-0.15, -0.1) is 0 Å². The molecule has 5 nitrogen and oxygen atoms in total. The second-order valence-corrected chi connectivity index (χ2v) is 4.60. The van der Waals surface area contributed by atoms with E-state index < -0.39 is 0 Å². The number of anilines is 1. The molecule has 0 radical (unpaired) electrons. The molecule has 1 heterocycles. The summed E-state index contributed by atoms with van der Waals surface area (Å²) in [4.78, 5) is 18.5. The summed E-state index contributed by atoms with van der Waals surface area (Å²) in [7, 11) is 0. The molecule has 1 saturated carbocycles. The third-order valence-electron chi connectivity index (χ3n) is 3.51. The lowest BCUT2D eigenvalue weighted by Gasteiger charge is -2.27. The Bertz CT molecular complexity index is 415. The van der Waals surface area contributed by atoms with Crippen molar-refractivity contribution in [1.82, 2.24) is 9.88 Å². The predicted octanol–water partition coefficient (Wildman–Crippen LogP) is 1.77. The number of hydrogen-bond donors (Lipinski definition) is 2. The Balaban J connectivity index is 2.16. The minimum atomic E-state index is 0.00139. The lowest BCUT2D eigenvalue weighted by atomic mass is 10.2. The molecule has 3 N–H and O–H groups in total. The van der Waals surface area contributed by atoms with Gasteiger partial charge in [0, 0.05) is 18.8 Å². The van der Waals surface area contributed by atoms with Crippen LogP contribution in [0.25, 0.3) is 0 Å². The fourth-order valence-electron chi connectivity index (χ4n) is 2.57. The molecule has 5 heteroatoms. The van der Waals surface area contributed by atoms with Gasteiger partial charge in [-0.05, 0) is 31.9 Å². The van der Waals surface area contributed by atoms with Crippen LogP contribution in [-0.2, 0) is 0 Å². The van der Waals surface area contributed by atoms with Crippen molar-refractivity contribution in [3.63, 3.8) is 0 Å². The van der Waals surface area contributed by atoms with Gasteiger partial charge in [-0.2, -0.15) is 0 Å². The van der Waals surface area contributed by atoms with Crippen LogP contribution in [0.4, 0.5) is 5.69 Å². The van der Waals surface area contributed by atoms with Gasteiger partial charge in [-0.3, -0.25) is 15.6 Å². The molecule has 1 fully saturated rings. The highest BCUT2D eigenvalue weighted by Crippen LogP contribution is 2.24. The lowest BCUT2D eigenvalue weighted by Crippen LogP contribution is -2.39. The Labute approximate surface area is 107 Å². The average molecular weight is 248 g/mol. The number of carbonyl (C=O) groups excluding carboxylic acids is 1. The molecule has 0 aliphatic heterocycles. The van der Waals surface area contributed by atoms with Crippen LogP contribution in [0.3, 0.4) is 0 Å². The number of nitrogen functional groups attached to an aromatic ring is 1. The second-order valence-electron chi connectivity index (χ2n) is 4.60. The molecule has 0 atom stereocenters. The summed E-state index contributed by atoms with van der Waals surface area (Å²) < 4.78 is 0. The number of carbonyl (C=O) groups is 1. The lowest BCUT2D eigenvalue weighted by molar-refractivity contribution is 0.0687. The molecule has 18 heavy (non-hydrogen) atoms. The van der Waals surface area contributed by atoms with Crippen LogP contribution in [0.5, 0.6) is 0 Å².